The van der Waals surface area contributed by atoms with Gasteiger partial charge in [0.2, 0.25) is 0 Å². The van der Waals surface area contributed by atoms with Gasteiger partial charge in [-0.05, 0) is 30.6 Å². The molecule has 3 rings (SSSR count). The van der Waals surface area contributed by atoms with E-state index in [0.717, 1.165) is 18.2 Å². The van der Waals surface area contributed by atoms with E-state index in [0.29, 0.717) is 0 Å². The number of non-ortho nitro benzene ring substituents is 1. The number of rotatable bonds is 6. The third kappa shape index (κ3) is 5.19. The largest absolute Gasteiger partial charge is 0.454 e. The minimum absolute atomic E-state index is 0.0284. The quantitative estimate of drug-likeness (QED) is 0.371. The molecule has 1 aliphatic carbocycles. The van der Waals surface area contributed by atoms with Crippen molar-refractivity contribution in [3.63, 3.8) is 0 Å². The minimum atomic E-state index is -5.07. The van der Waals surface area contributed by atoms with Crippen molar-refractivity contribution in [3.8, 4) is 5.75 Å². The summed E-state index contributed by atoms with van der Waals surface area (Å²) in [5.41, 5.74) is -0.609. The van der Waals surface area contributed by atoms with Gasteiger partial charge in [0.25, 0.3) is 11.5 Å². The molecule has 0 radical (unpaired) electrons. The fraction of sp³-hybridized carbons (Fsp3) is 0.421. The highest BCUT2D eigenvalue weighted by atomic mass is 19.4. The van der Waals surface area contributed by atoms with Gasteiger partial charge in [0.15, 0.2) is 0 Å². The number of hydrogen-bond acceptors (Lipinski definition) is 6. The van der Waals surface area contributed by atoms with Gasteiger partial charge >= 0.3 is 12.8 Å². The first-order valence-corrected chi connectivity index (χ1v) is 9.19. The Morgan fingerprint density at radius 3 is 2.48 bits per heavy atom. The van der Waals surface area contributed by atoms with Gasteiger partial charge in [-0.2, -0.15) is 22.0 Å². The van der Waals surface area contributed by atoms with Gasteiger partial charge in [-0.15, -0.1) is 0 Å². The Hall–Kier alpha value is -3.02. The number of allylic oxidation sites excluding steroid dienone is 2. The minimum Gasteiger partial charge on any atom is -0.434 e. The van der Waals surface area contributed by atoms with Gasteiger partial charge in [0.05, 0.1) is 18.1 Å². The van der Waals surface area contributed by atoms with E-state index in [-0.39, 0.29) is 61.7 Å². The maximum absolute atomic E-state index is 13.1. The third-order valence-electron chi connectivity index (χ3n) is 4.84. The number of alkyl halides is 5. The molecule has 7 nitrogen and oxygen atoms in total. The number of ether oxygens (including phenoxy) is 2. The van der Waals surface area contributed by atoms with E-state index in [4.69, 9.17) is 4.74 Å². The summed E-state index contributed by atoms with van der Waals surface area (Å²) in [6, 6.07) is 2.96. The number of carbonyl (C=O) groups excluding carboxylic acids is 1. The van der Waals surface area contributed by atoms with E-state index in [1.165, 1.54) is 6.08 Å². The first-order chi connectivity index (χ1) is 14.6. The average Bonchev–Trinajstić information content (AvgIpc) is 3.11. The smallest absolute Gasteiger partial charge is 0.434 e. The number of Topliss-reactive ketones (excluding diaryl/α,β-unsaturated/α-hetero) is 1. The highest BCUT2D eigenvalue weighted by Gasteiger charge is 2.44. The zero-order chi connectivity index (χ0) is 22.8. The van der Waals surface area contributed by atoms with E-state index < -0.39 is 34.8 Å². The van der Waals surface area contributed by atoms with Crippen LogP contribution in [-0.4, -0.2) is 54.7 Å². The maximum Gasteiger partial charge on any atom is 0.454 e. The number of nitrogens with zero attached hydrogens (tertiary/aromatic N) is 2. The molecule has 1 fully saturated rings. The molecule has 1 saturated heterocycles. The van der Waals surface area contributed by atoms with Crippen LogP contribution < -0.4 is 4.74 Å². The second-order valence-corrected chi connectivity index (χ2v) is 6.78. The van der Waals surface area contributed by atoms with Crippen molar-refractivity contribution in [3.05, 3.63) is 50.7 Å². The lowest BCUT2D eigenvalue weighted by molar-refractivity contribution is -0.384. The fourth-order valence-electron chi connectivity index (χ4n) is 3.56. The standard InChI is InChI=1S/C19H17F5N2O5/c20-18(21)31-15-4-2-13(26(28)29)10-12(15)9-11-1-3-14(17(27)19(22,23)24)16(11)25-5-7-30-8-6-25/h2,4,9-10,18H,1,3,5-8H2. The summed E-state index contributed by atoms with van der Waals surface area (Å²) in [7, 11) is 0. The number of nitro groups is 1. The molecule has 0 spiro atoms. The van der Waals surface area contributed by atoms with Crippen molar-refractivity contribution in [1.82, 2.24) is 4.90 Å². The molecule has 0 aromatic heterocycles. The summed E-state index contributed by atoms with van der Waals surface area (Å²) in [5.74, 6) is -2.34. The Labute approximate surface area is 172 Å². The van der Waals surface area contributed by atoms with Crippen LogP contribution in [-0.2, 0) is 9.53 Å². The normalized spacial score (nSPS) is 18.8. The molecule has 0 unspecified atom stereocenters. The van der Waals surface area contributed by atoms with Crippen LogP contribution in [0.5, 0.6) is 5.75 Å². The number of ketones is 1. The van der Waals surface area contributed by atoms with Crippen molar-refractivity contribution in [2.75, 3.05) is 26.3 Å². The fourth-order valence-corrected chi connectivity index (χ4v) is 3.56. The van der Waals surface area contributed by atoms with Gasteiger partial charge in [-0.25, -0.2) is 0 Å². The van der Waals surface area contributed by atoms with Crippen LogP contribution in [0, 0.1) is 10.1 Å². The number of halogens is 5. The lowest BCUT2D eigenvalue weighted by Gasteiger charge is -2.31. The molecule has 1 aromatic rings. The topological polar surface area (TPSA) is 81.9 Å². The van der Waals surface area contributed by atoms with Crippen LogP contribution in [0.25, 0.3) is 6.08 Å². The zero-order valence-corrected chi connectivity index (χ0v) is 16.0. The van der Waals surface area contributed by atoms with Crippen molar-refractivity contribution < 1.29 is 41.1 Å². The van der Waals surface area contributed by atoms with E-state index in [1.807, 2.05) is 0 Å². The van der Waals surface area contributed by atoms with E-state index in [9.17, 15) is 36.9 Å². The summed E-state index contributed by atoms with van der Waals surface area (Å²) in [6.07, 6.45) is -3.98. The molecule has 12 heteroatoms. The Morgan fingerprint density at radius 1 is 1.23 bits per heavy atom. The molecule has 0 N–H and O–H groups in total. The second-order valence-electron chi connectivity index (χ2n) is 6.78. The highest BCUT2D eigenvalue weighted by molar-refractivity contribution is 6.02. The van der Waals surface area contributed by atoms with Crippen molar-refractivity contribution in [2.24, 2.45) is 0 Å². The lowest BCUT2D eigenvalue weighted by Crippen LogP contribution is -2.37. The highest BCUT2D eigenvalue weighted by Crippen LogP contribution is 2.40. The molecule has 0 bridgehead atoms. The first-order valence-electron chi connectivity index (χ1n) is 9.19. The Morgan fingerprint density at radius 2 is 1.90 bits per heavy atom. The van der Waals surface area contributed by atoms with E-state index in [1.54, 1.807) is 4.90 Å². The Kier molecular flexibility index (Phi) is 6.58. The first kappa shape index (κ1) is 22.7. The number of hydrogen-bond donors (Lipinski definition) is 0. The van der Waals surface area contributed by atoms with Gasteiger partial charge in [-0.3, -0.25) is 14.9 Å². The number of nitro benzene ring substituents is 1. The second kappa shape index (κ2) is 9.00. The lowest BCUT2D eigenvalue weighted by atomic mass is 10.0. The number of benzene rings is 1. The summed E-state index contributed by atoms with van der Waals surface area (Å²) < 4.78 is 74.5. The van der Waals surface area contributed by atoms with Gasteiger partial charge in [0, 0.05) is 42.1 Å². The predicted octanol–water partition coefficient (Wildman–Crippen LogP) is 4.09. The molecule has 0 atom stereocenters. The summed E-state index contributed by atoms with van der Waals surface area (Å²) >= 11 is 0. The molecule has 168 valence electrons. The van der Waals surface area contributed by atoms with Gasteiger partial charge in [-0.1, -0.05) is 0 Å². The molecule has 31 heavy (non-hydrogen) atoms. The van der Waals surface area contributed by atoms with Crippen molar-refractivity contribution in [1.29, 1.82) is 0 Å². The zero-order valence-electron chi connectivity index (χ0n) is 16.0. The van der Waals surface area contributed by atoms with Crippen LogP contribution >= 0.6 is 0 Å². The van der Waals surface area contributed by atoms with Crippen LogP contribution in [0.4, 0.5) is 27.6 Å². The summed E-state index contributed by atoms with van der Waals surface area (Å²) in [6.45, 7) is -2.27. The van der Waals surface area contributed by atoms with Crippen LogP contribution in [0.15, 0.2) is 35.0 Å². The molecule has 1 aliphatic heterocycles. The van der Waals surface area contributed by atoms with Gasteiger partial charge in [0.1, 0.15) is 5.75 Å². The average molecular weight is 448 g/mol. The van der Waals surface area contributed by atoms with E-state index in [2.05, 4.69) is 4.74 Å². The molecular weight excluding hydrogens is 431 g/mol. The Bertz CT molecular complexity index is 936. The summed E-state index contributed by atoms with van der Waals surface area (Å²) in [4.78, 5) is 23.9. The predicted molar refractivity (Wildman–Crippen MR) is 97.4 cm³/mol. The van der Waals surface area contributed by atoms with Crippen LogP contribution in [0.3, 0.4) is 0 Å². The maximum atomic E-state index is 13.1. The molecular formula is C19H17F5N2O5. The van der Waals surface area contributed by atoms with Crippen molar-refractivity contribution in [2.45, 2.75) is 25.6 Å². The molecule has 0 amide bonds. The van der Waals surface area contributed by atoms with Crippen LogP contribution in [0.2, 0.25) is 0 Å². The van der Waals surface area contributed by atoms with Crippen molar-refractivity contribution >= 4 is 17.5 Å². The summed E-state index contributed by atoms with van der Waals surface area (Å²) in [5, 5.41) is 11.1. The number of carbonyl (C=O) groups is 1. The molecule has 1 heterocycles. The monoisotopic (exact) mass is 448 g/mol. The molecule has 1 aromatic carbocycles. The number of morpholine rings is 1. The van der Waals surface area contributed by atoms with Crippen LogP contribution in [0.1, 0.15) is 18.4 Å². The van der Waals surface area contributed by atoms with Gasteiger partial charge < -0.3 is 14.4 Å². The molecule has 2 aliphatic rings. The third-order valence-corrected chi connectivity index (χ3v) is 4.84. The Balaban J connectivity index is 2.11. The SMILES string of the molecule is O=C(C1=C(N2CCOCC2)C(=Cc2cc([N+](=O)[O-])ccc2OC(F)F)CC1)C(F)(F)F. The van der Waals surface area contributed by atoms with E-state index >= 15 is 0 Å². The molecule has 0 saturated carbocycles.